The summed E-state index contributed by atoms with van der Waals surface area (Å²) in [5.74, 6) is 0. The minimum absolute atomic E-state index is 0. The summed E-state index contributed by atoms with van der Waals surface area (Å²) < 4.78 is 0. The van der Waals surface area contributed by atoms with Crippen molar-refractivity contribution in [2.45, 2.75) is 0 Å². The van der Waals surface area contributed by atoms with E-state index in [0.717, 1.165) is 0 Å². The molecule has 0 saturated heterocycles. The van der Waals surface area contributed by atoms with Crippen LogP contribution in [-0.4, -0.2) is 5.48 Å². The summed E-state index contributed by atoms with van der Waals surface area (Å²) >= 11 is 0. The van der Waals surface area contributed by atoms with Crippen molar-refractivity contribution in [3.8, 4) is 0 Å². The van der Waals surface area contributed by atoms with Gasteiger partial charge in [-0.1, -0.05) is 0 Å². The molecule has 0 radical (unpaired) electrons. The van der Waals surface area contributed by atoms with E-state index < -0.39 is 0 Å². The summed E-state index contributed by atoms with van der Waals surface area (Å²) in [6.45, 7) is 0. The Hall–Kier alpha value is 1.36. The summed E-state index contributed by atoms with van der Waals surface area (Å²) in [6.07, 6.45) is 0. The van der Waals surface area contributed by atoms with Crippen LogP contribution in [0, 0.1) is 0 Å². The van der Waals surface area contributed by atoms with Gasteiger partial charge in [0.25, 0.3) is 0 Å². The van der Waals surface area contributed by atoms with E-state index in [1.165, 1.54) is 0 Å². The zero-order valence-corrected chi connectivity index (χ0v) is 5.86. The first-order valence-corrected chi connectivity index (χ1v) is 0. The van der Waals surface area contributed by atoms with Crippen LogP contribution >= 0.6 is 37.2 Å². The molecule has 2 N–H and O–H groups in total. The van der Waals surface area contributed by atoms with Crippen molar-refractivity contribution in [2.24, 2.45) is 0 Å². The van der Waals surface area contributed by atoms with Gasteiger partial charge >= 0.3 is 0 Å². The molecule has 0 rings (SSSR count). The van der Waals surface area contributed by atoms with Crippen LogP contribution in [0.2, 0.25) is 0 Å². The summed E-state index contributed by atoms with van der Waals surface area (Å²) in [5, 5.41) is 0. The van der Waals surface area contributed by atoms with Crippen molar-refractivity contribution in [2.75, 3.05) is 0 Å². The molecule has 5 heteroatoms. The van der Waals surface area contributed by atoms with E-state index in [9.17, 15) is 0 Å². The fourth-order valence-electron chi connectivity index (χ4n) is 0. The van der Waals surface area contributed by atoms with Crippen LogP contribution in [0.15, 0.2) is 0 Å². The van der Waals surface area contributed by atoms with E-state index in [0.29, 0.717) is 0 Å². The molecule has 38 valence electrons. The van der Waals surface area contributed by atoms with Crippen molar-refractivity contribution in [3.63, 3.8) is 0 Å². The first kappa shape index (κ1) is 98.6. The van der Waals surface area contributed by atoms with Gasteiger partial charge in [0, 0.05) is 17.4 Å². The largest absolute Gasteiger partial charge is 0.412 e. The first-order chi connectivity index (χ1) is 0. The van der Waals surface area contributed by atoms with Crippen molar-refractivity contribution < 1.29 is 22.8 Å². The summed E-state index contributed by atoms with van der Waals surface area (Å²) in [5.41, 5.74) is 0. The van der Waals surface area contributed by atoms with Crippen LogP contribution in [0.3, 0.4) is 0 Å². The maximum absolute atomic E-state index is 0. The van der Waals surface area contributed by atoms with Crippen LogP contribution in [0.1, 0.15) is 0 Å². The van der Waals surface area contributed by atoms with Gasteiger partial charge in [-0.15, -0.1) is 37.2 Å². The average molecular weight is 179 g/mol. The number of halogens is 3. The van der Waals surface area contributed by atoms with Crippen LogP contribution < -0.4 is 0 Å². The van der Waals surface area contributed by atoms with Gasteiger partial charge in [-0.3, -0.25) is 0 Å². The van der Waals surface area contributed by atoms with E-state index in [1.807, 2.05) is 0 Å². The Bertz CT molecular complexity index is 6.85. The smallest absolute Gasteiger partial charge is 0 e. The van der Waals surface area contributed by atoms with Crippen LogP contribution in [0.4, 0.5) is 0 Å². The van der Waals surface area contributed by atoms with Crippen LogP contribution in [-0.2, 0) is 17.4 Å². The Kier molecular flexibility index (Phi) is 1080. The van der Waals surface area contributed by atoms with E-state index in [1.54, 1.807) is 0 Å². The topological polar surface area (TPSA) is 31.5 Å². The molecule has 0 aliphatic carbocycles. The molecule has 0 aromatic carbocycles. The van der Waals surface area contributed by atoms with E-state index >= 15 is 0 Å². The minimum Gasteiger partial charge on any atom is -0.412 e. The molecule has 1 nitrogen and oxygen atoms in total. The Labute approximate surface area is 60.2 Å². The maximum atomic E-state index is 0. The zero-order chi connectivity index (χ0) is 0. The number of hydrogen-bond donors (Lipinski definition) is 0. The van der Waals surface area contributed by atoms with Crippen molar-refractivity contribution >= 4 is 37.2 Å². The Balaban J connectivity index is 0. The van der Waals surface area contributed by atoms with Crippen LogP contribution in [0.25, 0.3) is 0 Å². The van der Waals surface area contributed by atoms with Gasteiger partial charge in [-0.25, -0.2) is 0 Å². The SMILES string of the molecule is Cl.Cl.Cl.O.[Cr]. The fourth-order valence-corrected chi connectivity index (χ4v) is 0. The van der Waals surface area contributed by atoms with Gasteiger partial charge in [0.1, 0.15) is 0 Å². The van der Waals surface area contributed by atoms with Crippen molar-refractivity contribution in [3.05, 3.63) is 0 Å². The molecule has 0 aromatic rings. The third-order valence-electron chi connectivity index (χ3n) is 0. The zero-order valence-electron chi connectivity index (χ0n) is 2.13. The molecular weight excluding hydrogens is 174 g/mol. The van der Waals surface area contributed by atoms with Crippen molar-refractivity contribution in [1.82, 2.24) is 0 Å². The molecule has 0 unspecified atom stereocenters. The second-order valence-electron chi connectivity index (χ2n) is 0. The van der Waals surface area contributed by atoms with Gasteiger partial charge in [0.05, 0.1) is 0 Å². The van der Waals surface area contributed by atoms with Gasteiger partial charge < -0.3 is 5.48 Å². The molecule has 0 aromatic heterocycles. The molecule has 5 heavy (non-hydrogen) atoms. The molecule has 0 aliphatic rings. The maximum Gasteiger partial charge on any atom is 0 e. The molecule has 0 saturated carbocycles. The van der Waals surface area contributed by atoms with Gasteiger partial charge in [-0.05, 0) is 0 Å². The predicted octanol–water partition coefficient (Wildman–Crippen LogP) is 0.438. The molecule has 0 fully saturated rings. The molecular formula is H5Cl3CrO. The Morgan fingerprint density at radius 1 is 0.600 bits per heavy atom. The van der Waals surface area contributed by atoms with Crippen molar-refractivity contribution in [1.29, 1.82) is 0 Å². The van der Waals surface area contributed by atoms with Gasteiger partial charge in [-0.2, -0.15) is 0 Å². The quantitative estimate of drug-likeness (QED) is 0.517. The molecule has 0 bridgehead atoms. The number of rotatable bonds is 0. The monoisotopic (exact) mass is 178 g/mol. The molecule has 0 spiro atoms. The normalized spacial score (nSPS) is 0. The molecule has 0 atom stereocenters. The fraction of sp³-hybridized carbons (Fsp3) is 0. The molecule has 0 aliphatic heterocycles. The summed E-state index contributed by atoms with van der Waals surface area (Å²) in [6, 6.07) is 0. The molecule has 0 heterocycles. The van der Waals surface area contributed by atoms with E-state index in [2.05, 4.69) is 0 Å². The third-order valence-corrected chi connectivity index (χ3v) is 0. The van der Waals surface area contributed by atoms with Gasteiger partial charge in [0.15, 0.2) is 0 Å². The first-order valence-electron chi connectivity index (χ1n) is 0. The van der Waals surface area contributed by atoms with E-state index in [-0.39, 0.29) is 60.1 Å². The van der Waals surface area contributed by atoms with Gasteiger partial charge in [0.2, 0.25) is 0 Å². The average Bonchev–Trinajstić information content (AvgIpc) is 0. The second-order valence-corrected chi connectivity index (χ2v) is 0. The third kappa shape index (κ3) is 32.7. The predicted molar refractivity (Wildman–Crippen MR) is 25.4 cm³/mol. The van der Waals surface area contributed by atoms with Crippen LogP contribution in [0.5, 0.6) is 0 Å². The summed E-state index contributed by atoms with van der Waals surface area (Å²) in [4.78, 5) is 0. The van der Waals surface area contributed by atoms with E-state index in [4.69, 9.17) is 0 Å². The Morgan fingerprint density at radius 2 is 0.600 bits per heavy atom. The Morgan fingerprint density at radius 3 is 0.600 bits per heavy atom. The standard InChI is InChI=1S/3ClH.Cr.H2O/h3*1H;;1H2. The molecule has 0 amide bonds. The number of hydrogen-bond acceptors (Lipinski definition) is 0. The summed E-state index contributed by atoms with van der Waals surface area (Å²) in [7, 11) is 0. The minimum atomic E-state index is 0. The second kappa shape index (κ2) is 55.0.